The maximum atomic E-state index is 12.2. The zero-order valence-electron chi connectivity index (χ0n) is 13.6. The first-order valence-electron chi connectivity index (χ1n) is 7.95. The number of carbonyl (C=O) groups is 1. The molecule has 5 heteroatoms. The Morgan fingerprint density at radius 2 is 2.14 bits per heavy atom. The van der Waals surface area contributed by atoms with Crippen LogP contribution in [0.4, 0.5) is 0 Å². The van der Waals surface area contributed by atoms with Crippen LogP contribution in [0.15, 0.2) is 18.2 Å². The van der Waals surface area contributed by atoms with E-state index in [1.54, 1.807) is 19.1 Å². The highest BCUT2D eigenvalue weighted by Crippen LogP contribution is 2.22. The SMILES string of the molecule is CCN1CCC(NC(=O)C(C)Oc2ccc(Cl)c(C)c2)CC1. The largest absolute Gasteiger partial charge is 0.481 e. The Bertz CT molecular complexity index is 513. The number of nitrogens with zero attached hydrogens (tertiary/aromatic N) is 1. The zero-order valence-corrected chi connectivity index (χ0v) is 14.3. The van der Waals surface area contributed by atoms with Crippen molar-refractivity contribution in [2.45, 2.75) is 45.8 Å². The van der Waals surface area contributed by atoms with Crippen molar-refractivity contribution in [3.05, 3.63) is 28.8 Å². The first-order valence-corrected chi connectivity index (χ1v) is 8.33. The van der Waals surface area contributed by atoms with Gasteiger partial charge in [-0.1, -0.05) is 18.5 Å². The molecule has 1 saturated heterocycles. The molecule has 1 unspecified atom stereocenters. The molecule has 22 heavy (non-hydrogen) atoms. The van der Waals surface area contributed by atoms with Gasteiger partial charge in [0.15, 0.2) is 6.10 Å². The lowest BCUT2D eigenvalue weighted by atomic mass is 10.0. The number of carbonyl (C=O) groups excluding carboxylic acids is 1. The van der Waals surface area contributed by atoms with Crippen LogP contribution in [0.1, 0.15) is 32.3 Å². The summed E-state index contributed by atoms with van der Waals surface area (Å²) in [6, 6.07) is 5.69. The van der Waals surface area contributed by atoms with E-state index in [0.29, 0.717) is 10.8 Å². The molecule has 1 heterocycles. The number of nitrogens with one attached hydrogen (secondary N) is 1. The number of rotatable bonds is 5. The van der Waals surface area contributed by atoms with Gasteiger partial charge in [-0.25, -0.2) is 0 Å². The third-order valence-electron chi connectivity index (χ3n) is 4.19. The van der Waals surface area contributed by atoms with Crippen molar-refractivity contribution >= 4 is 17.5 Å². The Hall–Kier alpha value is -1.26. The summed E-state index contributed by atoms with van der Waals surface area (Å²) in [5.41, 5.74) is 0.943. The van der Waals surface area contributed by atoms with Gasteiger partial charge in [-0.05, 0) is 57.0 Å². The van der Waals surface area contributed by atoms with Crippen molar-refractivity contribution in [3.8, 4) is 5.75 Å². The monoisotopic (exact) mass is 324 g/mol. The Labute approximate surface area is 137 Å². The molecule has 1 aliphatic heterocycles. The second-order valence-corrected chi connectivity index (χ2v) is 6.30. The molecule has 122 valence electrons. The molecule has 1 aliphatic rings. The van der Waals surface area contributed by atoms with Crippen LogP contribution in [0.5, 0.6) is 5.75 Å². The lowest BCUT2D eigenvalue weighted by Crippen LogP contribution is -2.48. The second kappa shape index (κ2) is 7.84. The molecule has 0 radical (unpaired) electrons. The van der Waals surface area contributed by atoms with Crippen molar-refractivity contribution in [1.29, 1.82) is 0 Å². The first-order chi connectivity index (χ1) is 10.5. The highest BCUT2D eigenvalue weighted by atomic mass is 35.5. The quantitative estimate of drug-likeness (QED) is 0.905. The minimum Gasteiger partial charge on any atom is -0.481 e. The van der Waals surface area contributed by atoms with E-state index in [0.717, 1.165) is 38.0 Å². The average Bonchev–Trinajstić information content (AvgIpc) is 2.51. The Morgan fingerprint density at radius 3 is 2.73 bits per heavy atom. The van der Waals surface area contributed by atoms with Crippen LogP contribution in [0.2, 0.25) is 5.02 Å². The Morgan fingerprint density at radius 1 is 1.45 bits per heavy atom. The number of amides is 1. The molecule has 1 fully saturated rings. The van der Waals surface area contributed by atoms with Crippen molar-refractivity contribution < 1.29 is 9.53 Å². The van der Waals surface area contributed by atoms with Crippen molar-refractivity contribution in [1.82, 2.24) is 10.2 Å². The summed E-state index contributed by atoms with van der Waals surface area (Å²) in [5.74, 6) is 0.618. The molecular weight excluding hydrogens is 300 g/mol. The number of halogens is 1. The van der Waals surface area contributed by atoms with E-state index in [1.165, 1.54) is 0 Å². The van der Waals surface area contributed by atoms with Crippen LogP contribution in [0.3, 0.4) is 0 Å². The van der Waals surface area contributed by atoms with Gasteiger partial charge >= 0.3 is 0 Å². The lowest BCUT2D eigenvalue weighted by molar-refractivity contribution is -0.128. The molecule has 0 aliphatic carbocycles. The molecule has 2 rings (SSSR count). The maximum Gasteiger partial charge on any atom is 0.260 e. The van der Waals surface area contributed by atoms with Gasteiger partial charge in [-0.3, -0.25) is 4.79 Å². The predicted octanol–water partition coefficient (Wildman–Crippen LogP) is 3.02. The molecular formula is C17H25ClN2O2. The van der Waals surface area contributed by atoms with Gasteiger partial charge < -0.3 is 15.0 Å². The fraction of sp³-hybridized carbons (Fsp3) is 0.588. The van der Waals surface area contributed by atoms with Gasteiger partial charge in [0.25, 0.3) is 5.91 Å². The minimum atomic E-state index is -0.509. The van der Waals surface area contributed by atoms with E-state index in [2.05, 4.69) is 17.1 Å². The van der Waals surface area contributed by atoms with Crippen LogP contribution in [0, 0.1) is 6.92 Å². The normalized spacial score (nSPS) is 18.0. The van der Waals surface area contributed by atoms with Gasteiger partial charge in [0.2, 0.25) is 0 Å². The van der Waals surface area contributed by atoms with Crippen LogP contribution in [0.25, 0.3) is 0 Å². The number of piperidine rings is 1. The topological polar surface area (TPSA) is 41.6 Å². The Balaban J connectivity index is 1.83. The number of hydrogen-bond acceptors (Lipinski definition) is 3. The standard InChI is InChI=1S/C17H25ClN2O2/c1-4-20-9-7-14(8-10-20)19-17(21)13(3)22-15-5-6-16(18)12(2)11-15/h5-6,11,13-14H,4,7-10H2,1-3H3,(H,19,21). The fourth-order valence-electron chi connectivity index (χ4n) is 2.66. The predicted molar refractivity (Wildman–Crippen MR) is 89.6 cm³/mol. The summed E-state index contributed by atoms with van der Waals surface area (Å²) in [4.78, 5) is 14.6. The van der Waals surface area contributed by atoms with E-state index in [-0.39, 0.29) is 11.9 Å². The molecule has 1 atom stereocenters. The summed E-state index contributed by atoms with van der Waals surface area (Å²) >= 11 is 5.99. The van der Waals surface area contributed by atoms with Gasteiger partial charge in [0.05, 0.1) is 0 Å². The number of benzene rings is 1. The molecule has 0 bridgehead atoms. The minimum absolute atomic E-state index is 0.0532. The fourth-order valence-corrected chi connectivity index (χ4v) is 2.78. The van der Waals surface area contributed by atoms with Crippen molar-refractivity contribution in [3.63, 3.8) is 0 Å². The molecule has 1 amide bonds. The lowest BCUT2D eigenvalue weighted by Gasteiger charge is -2.32. The van der Waals surface area contributed by atoms with Gasteiger partial charge in [-0.15, -0.1) is 0 Å². The van der Waals surface area contributed by atoms with Gasteiger partial charge in [0, 0.05) is 24.2 Å². The molecule has 0 aromatic heterocycles. The van der Waals surface area contributed by atoms with Crippen LogP contribution < -0.4 is 10.1 Å². The smallest absolute Gasteiger partial charge is 0.260 e. The summed E-state index contributed by atoms with van der Waals surface area (Å²) in [5, 5.41) is 3.79. The summed E-state index contributed by atoms with van der Waals surface area (Å²) in [6.45, 7) is 9.04. The average molecular weight is 325 g/mol. The molecule has 1 aromatic carbocycles. The third kappa shape index (κ3) is 4.62. The number of ether oxygens (including phenoxy) is 1. The van der Waals surface area contributed by atoms with E-state index < -0.39 is 6.10 Å². The van der Waals surface area contributed by atoms with Crippen LogP contribution >= 0.6 is 11.6 Å². The van der Waals surface area contributed by atoms with Gasteiger partial charge in [0.1, 0.15) is 5.75 Å². The molecule has 0 spiro atoms. The van der Waals surface area contributed by atoms with E-state index in [4.69, 9.17) is 16.3 Å². The Kier molecular flexibility index (Phi) is 6.09. The number of aryl methyl sites for hydroxylation is 1. The number of likely N-dealkylation sites (tertiary alicyclic amines) is 1. The second-order valence-electron chi connectivity index (χ2n) is 5.89. The van der Waals surface area contributed by atoms with E-state index in [9.17, 15) is 4.79 Å². The number of hydrogen-bond donors (Lipinski definition) is 1. The highest BCUT2D eigenvalue weighted by molar-refractivity contribution is 6.31. The molecule has 1 aromatic rings. The molecule has 4 nitrogen and oxygen atoms in total. The zero-order chi connectivity index (χ0) is 16.1. The first kappa shape index (κ1) is 17.1. The summed E-state index contributed by atoms with van der Waals surface area (Å²) in [7, 11) is 0. The summed E-state index contributed by atoms with van der Waals surface area (Å²) < 4.78 is 5.71. The third-order valence-corrected chi connectivity index (χ3v) is 4.62. The van der Waals surface area contributed by atoms with E-state index >= 15 is 0 Å². The summed E-state index contributed by atoms with van der Waals surface area (Å²) in [6.07, 6.45) is 1.50. The van der Waals surface area contributed by atoms with E-state index in [1.807, 2.05) is 13.0 Å². The highest BCUT2D eigenvalue weighted by Gasteiger charge is 2.22. The molecule has 0 saturated carbocycles. The van der Waals surface area contributed by atoms with Crippen LogP contribution in [-0.4, -0.2) is 42.6 Å². The van der Waals surface area contributed by atoms with Crippen LogP contribution in [-0.2, 0) is 4.79 Å². The molecule has 1 N–H and O–H groups in total. The van der Waals surface area contributed by atoms with Gasteiger partial charge in [-0.2, -0.15) is 0 Å². The van der Waals surface area contributed by atoms with Crippen molar-refractivity contribution in [2.75, 3.05) is 19.6 Å². The maximum absolute atomic E-state index is 12.2. The van der Waals surface area contributed by atoms with Crippen molar-refractivity contribution in [2.24, 2.45) is 0 Å².